The summed E-state index contributed by atoms with van der Waals surface area (Å²) < 4.78 is 23.2. The first-order valence-electron chi connectivity index (χ1n) is 22.0. The molecule has 0 aliphatic carbocycles. The van der Waals surface area contributed by atoms with E-state index in [0.717, 1.165) is 51.4 Å². The van der Waals surface area contributed by atoms with E-state index >= 15 is 0 Å². The number of phosphoric acid groups is 1. The Bertz CT molecular complexity index is 865. The molecule has 310 valence electrons. The Morgan fingerprint density at radius 3 is 1.50 bits per heavy atom. The molecule has 1 unspecified atom stereocenters. The first-order valence-corrected chi connectivity index (χ1v) is 23.5. The number of aliphatic hydroxyl groups excluding tert-OH is 1. The molecule has 0 spiro atoms. The zero-order valence-corrected chi connectivity index (χ0v) is 35.9. The number of allylic oxidation sites excluding steroid dienone is 2. The van der Waals surface area contributed by atoms with Gasteiger partial charge in [0.25, 0.3) is 7.82 Å². The third kappa shape index (κ3) is 37.6. The Balaban J connectivity index is 4.38. The molecule has 0 aromatic rings. The van der Waals surface area contributed by atoms with Crippen LogP contribution in [0.3, 0.4) is 0 Å². The van der Waals surface area contributed by atoms with E-state index in [9.17, 15) is 19.4 Å². The fourth-order valence-electron chi connectivity index (χ4n) is 6.45. The molecule has 0 fully saturated rings. The molecule has 8 nitrogen and oxygen atoms in total. The second kappa shape index (κ2) is 35.9. The predicted molar refractivity (Wildman–Crippen MR) is 219 cm³/mol. The van der Waals surface area contributed by atoms with Crippen LogP contribution in [-0.2, 0) is 18.4 Å². The van der Waals surface area contributed by atoms with Gasteiger partial charge in [0.2, 0.25) is 5.91 Å². The number of nitrogens with one attached hydrogen (secondary N) is 1. The van der Waals surface area contributed by atoms with Gasteiger partial charge < -0.3 is 28.8 Å². The number of unbranched alkanes of at least 4 members (excludes halogenated alkanes) is 25. The zero-order valence-electron chi connectivity index (χ0n) is 35.0. The first-order chi connectivity index (χ1) is 25.0. The number of carbonyl (C=O) groups is 1. The van der Waals surface area contributed by atoms with E-state index in [2.05, 4.69) is 31.3 Å². The Hall–Kier alpha value is -0.760. The van der Waals surface area contributed by atoms with Gasteiger partial charge in [-0.15, -0.1) is 0 Å². The number of amides is 1. The maximum atomic E-state index is 12.8. The lowest BCUT2D eigenvalue weighted by Gasteiger charge is -2.30. The minimum Gasteiger partial charge on any atom is -0.756 e. The molecule has 0 aromatic carbocycles. The van der Waals surface area contributed by atoms with Gasteiger partial charge in [0.05, 0.1) is 39.9 Å². The third-order valence-corrected chi connectivity index (χ3v) is 11.0. The number of aliphatic hydroxyl groups is 1. The van der Waals surface area contributed by atoms with Crippen molar-refractivity contribution in [3.63, 3.8) is 0 Å². The Kier molecular flexibility index (Phi) is 35.4. The van der Waals surface area contributed by atoms with E-state index < -0.39 is 20.0 Å². The highest BCUT2D eigenvalue weighted by Gasteiger charge is 2.24. The van der Waals surface area contributed by atoms with Crippen LogP contribution in [0.4, 0.5) is 0 Å². The van der Waals surface area contributed by atoms with Crippen LogP contribution in [0.2, 0.25) is 0 Å². The van der Waals surface area contributed by atoms with Crippen molar-refractivity contribution < 1.29 is 32.9 Å². The molecule has 52 heavy (non-hydrogen) atoms. The van der Waals surface area contributed by atoms with Gasteiger partial charge in [0.1, 0.15) is 13.2 Å². The first kappa shape index (κ1) is 51.2. The third-order valence-electron chi connectivity index (χ3n) is 10.0. The van der Waals surface area contributed by atoms with Crippen LogP contribution >= 0.6 is 7.82 Å². The van der Waals surface area contributed by atoms with Gasteiger partial charge in [-0.1, -0.05) is 174 Å². The van der Waals surface area contributed by atoms with E-state index in [1.54, 1.807) is 0 Å². The number of phosphoric ester groups is 1. The smallest absolute Gasteiger partial charge is 0.268 e. The van der Waals surface area contributed by atoms with Gasteiger partial charge in [-0.3, -0.25) is 9.36 Å². The molecular formula is C43H87N2O6P. The Morgan fingerprint density at radius 1 is 0.654 bits per heavy atom. The number of quaternary nitrogens is 1. The maximum absolute atomic E-state index is 12.8. The molecule has 0 aromatic heterocycles. The highest BCUT2D eigenvalue weighted by molar-refractivity contribution is 7.45. The largest absolute Gasteiger partial charge is 0.756 e. The van der Waals surface area contributed by atoms with E-state index in [4.69, 9.17) is 9.05 Å². The van der Waals surface area contributed by atoms with Gasteiger partial charge in [-0.2, -0.15) is 0 Å². The second-order valence-electron chi connectivity index (χ2n) is 16.4. The lowest BCUT2D eigenvalue weighted by molar-refractivity contribution is -0.870. The quantitative estimate of drug-likeness (QED) is 0.0279. The molecule has 1 amide bonds. The number of carbonyl (C=O) groups excluding carboxylic acids is 1. The molecule has 9 heteroatoms. The van der Waals surface area contributed by atoms with E-state index in [1.165, 1.54) is 128 Å². The van der Waals surface area contributed by atoms with Crippen LogP contribution in [0.5, 0.6) is 0 Å². The fraction of sp³-hybridized carbons (Fsp3) is 0.930. The number of hydrogen-bond donors (Lipinski definition) is 2. The van der Waals surface area contributed by atoms with Crippen molar-refractivity contribution in [2.75, 3.05) is 40.9 Å². The van der Waals surface area contributed by atoms with Crippen LogP contribution < -0.4 is 10.2 Å². The van der Waals surface area contributed by atoms with Crippen molar-refractivity contribution >= 4 is 13.7 Å². The number of nitrogens with zero attached hydrogens (tertiary/aromatic N) is 1. The van der Waals surface area contributed by atoms with Gasteiger partial charge in [-0.25, -0.2) is 0 Å². The van der Waals surface area contributed by atoms with Crippen molar-refractivity contribution in [1.82, 2.24) is 5.32 Å². The summed E-state index contributed by atoms with van der Waals surface area (Å²) in [6, 6.07) is -0.799. The van der Waals surface area contributed by atoms with E-state index in [0.29, 0.717) is 23.9 Å². The predicted octanol–water partition coefficient (Wildman–Crippen LogP) is 11.3. The lowest BCUT2D eigenvalue weighted by Crippen LogP contribution is -2.46. The monoisotopic (exact) mass is 759 g/mol. The molecule has 2 N–H and O–H groups in total. The minimum atomic E-state index is -4.56. The normalized spacial score (nSPS) is 14.5. The van der Waals surface area contributed by atoms with E-state index in [1.807, 2.05) is 21.1 Å². The van der Waals surface area contributed by atoms with Crippen molar-refractivity contribution in [2.24, 2.45) is 0 Å². The topological polar surface area (TPSA) is 108 Å². The average molecular weight is 759 g/mol. The average Bonchev–Trinajstić information content (AvgIpc) is 3.09. The summed E-state index contributed by atoms with van der Waals surface area (Å²) in [6.45, 7) is 4.71. The van der Waals surface area contributed by atoms with E-state index in [-0.39, 0.29) is 19.1 Å². The molecule has 0 rings (SSSR count). The molecule has 3 atom stereocenters. The van der Waals surface area contributed by atoms with Crippen LogP contribution in [0.1, 0.15) is 206 Å². The minimum absolute atomic E-state index is 0.0124. The van der Waals surface area contributed by atoms with Gasteiger partial charge >= 0.3 is 0 Å². The Morgan fingerprint density at radius 2 is 1.06 bits per heavy atom. The molecule has 0 saturated carbocycles. The van der Waals surface area contributed by atoms with Crippen molar-refractivity contribution in [3.05, 3.63) is 12.2 Å². The summed E-state index contributed by atoms with van der Waals surface area (Å²) in [5.74, 6) is -0.173. The summed E-state index contributed by atoms with van der Waals surface area (Å²) in [5.41, 5.74) is 0. The standard InChI is InChI=1S/C43H87N2O6P/c1-6-8-10-12-14-16-18-20-22-23-24-26-28-30-32-34-36-42(46)41(40-51-52(48,49)50-39-38-45(3,4)5)44-43(47)37-35-33-31-29-27-25-21-19-17-15-13-11-9-7-2/h19,21,41-42,46H,6-18,20,22-40H2,1-5H3,(H-,44,47,48,49)/b21-19+/t41-,42+/m0/s1. The molecule has 0 saturated heterocycles. The molecule has 0 aliphatic heterocycles. The van der Waals surface area contributed by atoms with Crippen LogP contribution in [0, 0.1) is 0 Å². The SMILES string of the molecule is CCCCCCC/C=C/CCCCCCCC(=O)N[C@@H](COP(=O)([O-])OCC[N+](C)(C)C)[C@H](O)CCCCCCCCCCCCCCCCCC. The zero-order chi connectivity index (χ0) is 38.6. The van der Waals surface area contributed by atoms with Gasteiger partial charge in [0, 0.05) is 6.42 Å². The second-order valence-corrected chi connectivity index (χ2v) is 17.8. The van der Waals surface area contributed by atoms with Crippen molar-refractivity contribution in [3.8, 4) is 0 Å². The molecule has 0 radical (unpaired) electrons. The number of hydrogen-bond acceptors (Lipinski definition) is 6. The lowest BCUT2D eigenvalue weighted by atomic mass is 10.0. The van der Waals surface area contributed by atoms with Crippen LogP contribution in [-0.4, -0.2) is 68.5 Å². The maximum Gasteiger partial charge on any atom is 0.268 e. The summed E-state index contributed by atoms with van der Waals surface area (Å²) in [4.78, 5) is 25.3. The van der Waals surface area contributed by atoms with Crippen molar-refractivity contribution in [2.45, 2.75) is 219 Å². The fourth-order valence-corrected chi connectivity index (χ4v) is 7.17. The number of rotatable bonds is 40. The van der Waals surface area contributed by atoms with Crippen LogP contribution in [0.15, 0.2) is 12.2 Å². The van der Waals surface area contributed by atoms with Gasteiger partial charge in [0.15, 0.2) is 0 Å². The van der Waals surface area contributed by atoms with Crippen LogP contribution in [0.25, 0.3) is 0 Å². The van der Waals surface area contributed by atoms with Crippen molar-refractivity contribution in [1.29, 1.82) is 0 Å². The highest BCUT2D eigenvalue weighted by Crippen LogP contribution is 2.38. The summed E-state index contributed by atoms with van der Waals surface area (Å²) in [7, 11) is 1.30. The molecule has 0 bridgehead atoms. The summed E-state index contributed by atoms with van der Waals surface area (Å²) >= 11 is 0. The Labute approximate surface area is 322 Å². The van der Waals surface area contributed by atoms with Gasteiger partial charge in [-0.05, 0) is 38.5 Å². The summed E-state index contributed by atoms with van der Waals surface area (Å²) in [5, 5.41) is 13.9. The number of likely N-dealkylation sites (N-methyl/N-ethyl adjacent to an activating group) is 1. The molecule has 0 aliphatic rings. The molecular weight excluding hydrogens is 671 g/mol. The highest BCUT2D eigenvalue weighted by atomic mass is 31.2. The molecule has 0 heterocycles. The summed E-state index contributed by atoms with van der Waals surface area (Å²) in [6.07, 6.45) is 39.2.